The summed E-state index contributed by atoms with van der Waals surface area (Å²) in [5.41, 5.74) is 1.23. The molecular formula is C60H93N3O5. The van der Waals surface area contributed by atoms with Gasteiger partial charge in [0, 0.05) is 25.2 Å². The fourth-order valence-corrected chi connectivity index (χ4v) is 9.19. The molecule has 3 N–H and O–H groups in total. The summed E-state index contributed by atoms with van der Waals surface area (Å²) in [7, 11) is 0. The van der Waals surface area contributed by atoms with Gasteiger partial charge in [0.25, 0.3) is 5.91 Å². The van der Waals surface area contributed by atoms with Gasteiger partial charge >= 0.3 is 6.03 Å². The van der Waals surface area contributed by atoms with Gasteiger partial charge in [-0.1, -0.05) is 243 Å². The van der Waals surface area contributed by atoms with E-state index in [9.17, 15) is 9.59 Å². The van der Waals surface area contributed by atoms with Gasteiger partial charge in [-0.25, -0.2) is 4.79 Å². The Hall–Kier alpha value is -4.46. The summed E-state index contributed by atoms with van der Waals surface area (Å²) in [5.74, 6) is 1.69. The molecule has 0 aromatic heterocycles. The first-order chi connectivity index (χ1) is 33.5. The number of carbonyl (C=O) groups is 2. The Bertz CT molecular complexity index is 1850. The van der Waals surface area contributed by atoms with E-state index >= 15 is 0 Å². The molecule has 8 nitrogen and oxygen atoms in total. The summed E-state index contributed by atoms with van der Waals surface area (Å²) in [5, 5.41) is 12.9. The maximum Gasteiger partial charge on any atom is 0.319 e. The number of carbonyl (C=O) groups excluding carboxylic acids is 2. The molecule has 0 saturated carbocycles. The quantitative estimate of drug-likeness (QED) is 0.0304. The SMILES string of the molecule is CCCCCCCCCCCCOc1cc(NC(=O)NCCNC(=O)c2c3ccccc3cc3ccccc23)cc(OCCCCCCCCCCCC)c1OCCCCCCCCCCCC. The lowest BCUT2D eigenvalue weighted by Gasteiger charge is -2.19. The van der Waals surface area contributed by atoms with Crippen molar-refractivity contribution in [3.63, 3.8) is 0 Å². The minimum Gasteiger partial charge on any atom is -0.489 e. The van der Waals surface area contributed by atoms with Crippen molar-refractivity contribution < 1.29 is 23.8 Å². The Kier molecular flexibility index (Phi) is 30.1. The van der Waals surface area contributed by atoms with Gasteiger partial charge in [0.05, 0.1) is 31.1 Å². The molecular weight excluding hydrogens is 843 g/mol. The molecule has 8 heteroatoms. The van der Waals surface area contributed by atoms with E-state index in [4.69, 9.17) is 14.2 Å². The average molecular weight is 936 g/mol. The lowest BCUT2D eigenvalue weighted by atomic mass is 9.96. The van der Waals surface area contributed by atoms with Crippen molar-refractivity contribution in [1.82, 2.24) is 10.6 Å². The second-order valence-electron chi connectivity index (χ2n) is 19.2. The van der Waals surface area contributed by atoms with Crippen molar-refractivity contribution in [3.8, 4) is 17.2 Å². The number of rotatable bonds is 41. The number of urea groups is 1. The number of benzene rings is 4. The summed E-state index contributed by atoms with van der Waals surface area (Å²) in [6.07, 6.45) is 37.8. The van der Waals surface area contributed by atoms with Crippen molar-refractivity contribution >= 4 is 39.2 Å². The summed E-state index contributed by atoms with van der Waals surface area (Å²) < 4.78 is 19.6. The Morgan fingerprint density at radius 1 is 0.412 bits per heavy atom. The third-order valence-corrected chi connectivity index (χ3v) is 13.2. The van der Waals surface area contributed by atoms with Crippen LogP contribution < -0.4 is 30.2 Å². The number of amides is 3. The van der Waals surface area contributed by atoms with Gasteiger partial charge in [-0.05, 0) is 46.9 Å². The van der Waals surface area contributed by atoms with Gasteiger partial charge in [0.2, 0.25) is 5.75 Å². The zero-order valence-electron chi connectivity index (χ0n) is 43.1. The highest BCUT2D eigenvalue weighted by atomic mass is 16.5. The molecule has 0 bridgehead atoms. The standard InChI is InChI=1S/C60H93N3O5/c1-4-7-10-13-16-19-22-25-28-35-44-66-55-48-52(63-60(65)62-43-42-61-59(64)57-53-40-33-31-38-50(53)47-51-39-32-34-41-54(51)57)49-56(67-45-36-29-26-23-20-17-14-11-8-5-2)58(55)68-46-37-30-27-24-21-18-15-12-9-6-3/h31-34,38-41,47-49H,4-30,35-37,42-46H2,1-3H3,(H,61,64)(H2,62,63,65). The Morgan fingerprint density at radius 3 is 1.18 bits per heavy atom. The predicted molar refractivity (Wildman–Crippen MR) is 289 cm³/mol. The zero-order chi connectivity index (χ0) is 48.1. The van der Waals surface area contributed by atoms with Gasteiger partial charge in [0.15, 0.2) is 11.5 Å². The summed E-state index contributed by atoms with van der Waals surface area (Å²) in [4.78, 5) is 27.1. The summed E-state index contributed by atoms with van der Waals surface area (Å²) >= 11 is 0. The Labute approximate surface area is 413 Å². The first-order valence-electron chi connectivity index (χ1n) is 27.9. The van der Waals surface area contributed by atoms with Crippen molar-refractivity contribution in [2.45, 2.75) is 213 Å². The van der Waals surface area contributed by atoms with Crippen LogP contribution in [0.5, 0.6) is 17.2 Å². The zero-order valence-corrected chi connectivity index (χ0v) is 43.1. The van der Waals surface area contributed by atoms with Crippen LogP contribution in [0.4, 0.5) is 10.5 Å². The first-order valence-corrected chi connectivity index (χ1v) is 27.9. The highest BCUT2D eigenvalue weighted by Gasteiger charge is 2.18. The molecule has 0 radical (unpaired) electrons. The largest absolute Gasteiger partial charge is 0.489 e. The number of fused-ring (bicyclic) bond motifs is 2. The molecule has 0 saturated heterocycles. The van der Waals surface area contributed by atoms with Gasteiger partial charge in [-0.15, -0.1) is 0 Å². The smallest absolute Gasteiger partial charge is 0.319 e. The van der Waals surface area contributed by atoms with Crippen LogP contribution in [-0.4, -0.2) is 44.8 Å². The van der Waals surface area contributed by atoms with E-state index in [1.165, 1.54) is 154 Å². The molecule has 4 aromatic rings. The van der Waals surface area contributed by atoms with Crippen molar-refractivity contribution in [2.24, 2.45) is 0 Å². The van der Waals surface area contributed by atoms with Crippen LogP contribution in [0.15, 0.2) is 66.7 Å². The molecule has 0 aliphatic rings. The van der Waals surface area contributed by atoms with Crippen LogP contribution in [0.2, 0.25) is 0 Å². The normalized spacial score (nSPS) is 11.3. The average Bonchev–Trinajstić information content (AvgIpc) is 3.35. The molecule has 0 spiro atoms. The van der Waals surface area contributed by atoms with Crippen LogP contribution in [0.3, 0.4) is 0 Å². The topological polar surface area (TPSA) is 97.9 Å². The molecule has 0 fully saturated rings. The molecule has 0 aliphatic carbocycles. The highest BCUT2D eigenvalue weighted by molar-refractivity contribution is 6.18. The lowest BCUT2D eigenvalue weighted by Crippen LogP contribution is -2.36. The van der Waals surface area contributed by atoms with Crippen molar-refractivity contribution in [2.75, 3.05) is 38.2 Å². The van der Waals surface area contributed by atoms with E-state index in [0.717, 1.165) is 60.1 Å². The Morgan fingerprint density at radius 2 is 0.765 bits per heavy atom. The second-order valence-corrected chi connectivity index (χ2v) is 19.2. The number of ether oxygens (including phenoxy) is 3. The monoisotopic (exact) mass is 936 g/mol. The number of anilines is 1. The predicted octanol–water partition coefficient (Wildman–Crippen LogP) is 17.4. The molecule has 68 heavy (non-hydrogen) atoms. The fraction of sp³-hybridized carbons (Fsp3) is 0.633. The Balaban J connectivity index is 1.37. The fourth-order valence-electron chi connectivity index (χ4n) is 9.19. The maximum absolute atomic E-state index is 13.7. The van der Waals surface area contributed by atoms with Crippen LogP contribution in [0.1, 0.15) is 224 Å². The van der Waals surface area contributed by atoms with Gasteiger partial charge < -0.3 is 30.2 Å². The number of hydrogen-bond donors (Lipinski definition) is 3. The molecule has 0 heterocycles. The van der Waals surface area contributed by atoms with E-state index < -0.39 is 0 Å². The summed E-state index contributed by atoms with van der Waals surface area (Å²) in [6.45, 7) is 9.08. The molecule has 378 valence electrons. The molecule has 4 aromatic carbocycles. The molecule has 0 atom stereocenters. The molecule has 0 aliphatic heterocycles. The van der Waals surface area contributed by atoms with E-state index in [1.54, 1.807) is 0 Å². The second kappa shape index (κ2) is 36.5. The van der Waals surface area contributed by atoms with E-state index in [0.29, 0.717) is 48.3 Å². The van der Waals surface area contributed by atoms with Crippen LogP contribution >= 0.6 is 0 Å². The van der Waals surface area contributed by atoms with E-state index in [1.807, 2.05) is 60.7 Å². The van der Waals surface area contributed by atoms with Gasteiger partial charge in [-0.2, -0.15) is 0 Å². The summed E-state index contributed by atoms with van der Waals surface area (Å²) in [6, 6.07) is 21.4. The van der Waals surface area contributed by atoms with Crippen LogP contribution in [0, 0.1) is 0 Å². The molecule has 4 rings (SSSR count). The maximum atomic E-state index is 13.7. The van der Waals surface area contributed by atoms with Gasteiger partial charge in [0.1, 0.15) is 0 Å². The minimum absolute atomic E-state index is 0.165. The van der Waals surface area contributed by atoms with Crippen LogP contribution in [-0.2, 0) is 0 Å². The van der Waals surface area contributed by atoms with Crippen molar-refractivity contribution in [1.29, 1.82) is 0 Å². The van der Waals surface area contributed by atoms with Crippen molar-refractivity contribution in [3.05, 3.63) is 72.3 Å². The number of hydrogen-bond acceptors (Lipinski definition) is 5. The minimum atomic E-state index is -0.366. The highest BCUT2D eigenvalue weighted by Crippen LogP contribution is 2.41. The molecule has 0 unspecified atom stereocenters. The van der Waals surface area contributed by atoms with E-state index in [2.05, 4.69) is 42.8 Å². The van der Waals surface area contributed by atoms with E-state index in [-0.39, 0.29) is 25.0 Å². The third kappa shape index (κ3) is 22.8. The number of unbranched alkanes of at least 4 members (excludes halogenated alkanes) is 27. The van der Waals surface area contributed by atoms with Crippen LogP contribution in [0.25, 0.3) is 21.5 Å². The lowest BCUT2D eigenvalue weighted by molar-refractivity contribution is 0.0957. The third-order valence-electron chi connectivity index (χ3n) is 13.2. The molecule has 3 amide bonds. The first kappa shape index (κ1) is 56.1. The number of nitrogens with one attached hydrogen (secondary N) is 3. The van der Waals surface area contributed by atoms with Gasteiger partial charge in [-0.3, -0.25) is 4.79 Å².